The maximum absolute atomic E-state index is 12.5. The number of anilines is 1. The van der Waals surface area contributed by atoms with Gasteiger partial charge in [-0.05, 0) is 42.8 Å². The first-order valence-electron chi connectivity index (χ1n) is 7.89. The first kappa shape index (κ1) is 15.1. The maximum Gasteiger partial charge on any atom is 0.256 e. The van der Waals surface area contributed by atoms with Gasteiger partial charge in [-0.3, -0.25) is 4.79 Å². The van der Waals surface area contributed by atoms with Crippen LogP contribution in [-0.4, -0.2) is 16.0 Å². The van der Waals surface area contributed by atoms with Crippen molar-refractivity contribution in [3.8, 4) is 11.3 Å². The quantitative estimate of drug-likeness (QED) is 0.603. The molecule has 2 heterocycles. The van der Waals surface area contributed by atoms with Crippen LogP contribution in [0, 0.1) is 6.92 Å². The van der Waals surface area contributed by atoms with Crippen molar-refractivity contribution in [1.29, 1.82) is 0 Å². The lowest BCUT2D eigenvalue weighted by molar-refractivity contribution is 0.102. The first-order valence-corrected chi connectivity index (χ1v) is 7.89. The van der Waals surface area contributed by atoms with Gasteiger partial charge in [0.25, 0.3) is 5.91 Å². The topological polar surface area (TPSA) is 68.0 Å². The van der Waals surface area contributed by atoms with Crippen LogP contribution in [0.15, 0.2) is 71.4 Å². The van der Waals surface area contributed by atoms with Crippen molar-refractivity contribution < 1.29 is 9.32 Å². The molecule has 0 bridgehead atoms. The normalized spacial score (nSPS) is 10.8. The lowest BCUT2D eigenvalue weighted by Gasteiger charge is -2.05. The van der Waals surface area contributed by atoms with Gasteiger partial charge in [0.2, 0.25) is 0 Å². The molecule has 2 aromatic heterocycles. The molecule has 0 unspecified atom stereocenters. The SMILES string of the molecule is Cc1ccnc(NC(=O)c2ccc3noc(-c4ccccc4)c3c2)c1. The van der Waals surface area contributed by atoms with Crippen molar-refractivity contribution >= 4 is 22.6 Å². The number of rotatable bonds is 3. The average molecular weight is 329 g/mol. The van der Waals surface area contributed by atoms with E-state index in [4.69, 9.17) is 4.52 Å². The summed E-state index contributed by atoms with van der Waals surface area (Å²) in [5.74, 6) is 0.956. The van der Waals surface area contributed by atoms with Crippen LogP contribution in [0.2, 0.25) is 0 Å². The molecule has 122 valence electrons. The second kappa shape index (κ2) is 6.20. The van der Waals surface area contributed by atoms with Crippen LogP contribution in [0.1, 0.15) is 15.9 Å². The van der Waals surface area contributed by atoms with Gasteiger partial charge in [0, 0.05) is 17.3 Å². The zero-order valence-electron chi connectivity index (χ0n) is 13.6. The number of carbonyl (C=O) groups is 1. The van der Waals surface area contributed by atoms with E-state index in [9.17, 15) is 4.79 Å². The predicted octanol–water partition coefficient (Wildman–Crippen LogP) is 4.45. The molecule has 0 saturated carbocycles. The van der Waals surface area contributed by atoms with Crippen LogP contribution >= 0.6 is 0 Å². The van der Waals surface area contributed by atoms with E-state index in [-0.39, 0.29) is 5.91 Å². The van der Waals surface area contributed by atoms with Crippen LogP contribution in [0.3, 0.4) is 0 Å². The molecule has 0 spiro atoms. The van der Waals surface area contributed by atoms with Gasteiger partial charge in [0.15, 0.2) is 5.76 Å². The van der Waals surface area contributed by atoms with Crippen molar-refractivity contribution in [2.75, 3.05) is 5.32 Å². The van der Waals surface area contributed by atoms with Gasteiger partial charge in [-0.25, -0.2) is 4.98 Å². The molecule has 1 N–H and O–H groups in total. The Morgan fingerprint density at radius 2 is 1.88 bits per heavy atom. The van der Waals surface area contributed by atoms with Crippen molar-refractivity contribution in [3.63, 3.8) is 0 Å². The fourth-order valence-electron chi connectivity index (χ4n) is 2.67. The molecule has 25 heavy (non-hydrogen) atoms. The molecule has 0 aliphatic heterocycles. The van der Waals surface area contributed by atoms with E-state index in [1.54, 1.807) is 24.4 Å². The number of hydrogen-bond acceptors (Lipinski definition) is 4. The number of nitrogens with zero attached hydrogens (tertiary/aromatic N) is 2. The molecule has 4 aromatic rings. The van der Waals surface area contributed by atoms with Crippen LogP contribution in [0.4, 0.5) is 5.82 Å². The molecule has 0 radical (unpaired) electrons. The highest BCUT2D eigenvalue weighted by Gasteiger charge is 2.14. The zero-order valence-corrected chi connectivity index (χ0v) is 13.6. The second-order valence-corrected chi connectivity index (χ2v) is 5.78. The molecule has 2 aromatic carbocycles. The molecule has 0 saturated heterocycles. The molecule has 1 amide bonds. The Kier molecular flexibility index (Phi) is 3.74. The van der Waals surface area contributed by atoms with Crippen molar-refractivity contribution in [3.05, 3.63) is 78.0 Å². The number of benzene rings is 2. The summed E-state index contributed by atoms with van der Waals surface area (Å²) >= 11 is 0. The summed E-state index contributed by atoms with van der Waals surface area (Å²) in [5.41, 5.74) is 3.19. The van der Waals surface area contributed by atoms with Gasteiger partial charge >= 0.3 is 0 Å². The Morgan fingerprint density at radius 1 is 1.04 bits per heavy atom. The van der Waals surface area contributed by atoms with E-state index in [1.807, 2.05) is 49.4 Å². The third kappa shape index (κ3) is 2.99. The number of hydrogen-bond donors (Lipinski definition) is 1. The molecule has 0 aliphatic rings. The van der Waals surface area contributed by atoms with Gasteiger partial charge in [-0.2, -0.15) is 0 Å². The second-order valence-electron chi connectivity index (χ2n) is 5.78. The minimum Gasteiger partial charge on any atom is -0.355 e. The fourth-order valence-corrected chi connectivity index (χ4v) is 2.67. The Morgan fingerprint density at radius 3 is 2.68 bits per heavy atom. The van der Waals surface area contributed by atoms with Gasteiger partial charge in [0.1, 0.15) is 11.3 Å². The highest BCUT2D eigenvalue weighted by atomic mass is 16.5. The van der Waals surface area contributed by atoms with E-state index < -0.39 is 0 Å². The van der Waals surface area contributed by atoms with E-state index in [1.165, 1.54) is 0 Å². The van der Waals surface area contributed by atoms with Gasteiger partial charge in [-0.1, -0.05) is 35.5 Å². The molecule has 0 atom stereocenters. The maximum atomic E-state index is 12.5. The summed E-state index contributed by atoms with van der Waals surface area (Å²) < 4.78 is 5.48. The standard InChI is InChI=1S/C20H15N3O2/c1-13-9-10-21-18(11-13)22-20(24)15-7-8-17-16(12-15)19(25-23-17)14-5-3-2-4-6-14/h2-12H,1H3,(H,21,22,24). The molecular formula is C20H15N3O2. The number of aryl methyl sites for hydroxylation is 1. The number of aromatic nitrogens is 2. The summed E-state index contributed by atoms with van der Waals surface area (Å²) in [6.45, 7) is 1.95. The summed E-state index contributed by atoms with van der Waals surface area (Å²) in [5, 5.41) is 7.69. The van der Waals surface area contributed by atoms with E-state index in [2.05, 4.69) is 15.5 Å². The fraction of sp³-hybridized carbons (Fsp3) is 0.0500. The van der Waals surface area contributed by atoms with Crippen LogP contribution in [-0.2, 0) is 0 Å². The molecule has 0 fully saturated rings. The van der Waals surface area contributed by atoms with Gasteiger partial charge in [0.05, 0.1) is 5.39 Å². The molecule has 4 rings (SSSR count). The third-order valence-electron chi connectivity index (χ3n) is 3.93. The lowest BCUT2D eigenvalue weighted by atomic mass is 10.1. The highest BCUT2D eigenvalue weighted by molar-refractivity contribution is 6.07. The zero-order chi connectivity index (χ0) is 17.2. The highest BCUT2D eigenvalue weighted by Crippen LogP contribution is 2.29. The minimum absolute atomic E-state index is 0.222. The van der Waals surface area contributed by atoms with Crippen molar-refractivity contribution in [2.45, 2.75) is 6.92 Å². The number of nitrogens with one attached hydrogen (secondary N) is 1. The minimum atomic E-state index is -0.222. The van der Waals surface area contributed by atoms with Gasteiger partial charge < -0.3 is 9.84 Å². The summed E-state index contributed by atoms with van der Waals surface area (Å²) in [7, 11) is 0. The van der Waals surface area contributed by atoms with Crippen molar-refractivity contribution in [2.24, 2.45) is 0 Å². The number of carbonyl (C=O) groups excluding carboxylic acids is 1. The molecule has 5 heteroatoms. The number of pyridine rings is 1. The molecule has 0 aliphatic carbocycles. The van der Waals surface area contributed by atoms with E-state index in [0.29, 0.717) is 22.7 Å². The van der Waals surface area contributed by atoms with E-state index in [0.717, 1.165) is 16.5 Å². The number of fused-ring (bicyclic) bond motifs is 1. The third-order valence-corrected chi connectivity index (χ3v) is 3.93. The van der Waals surface area contributed by atoms with Gasteiger partial charge in [-0.15, -0.1) is 0 Å². The molecular weight excluding hydrogens is 314 g/mol. The van der Waals surface area contributed by atoms with Crippen LogP contribution in [0.5, 0.6) is 0 Å². The van der Waals surface area contributed by atoms with E-state index >= 15 is 0 Å². The number of amides is 1. The smallest absolute Gasteiger partial charge is 0.256 e. The summed E-state index contributed by atoms with van der Waals surface area (Å²) in [6, 6.07) is 18.7. The van der Waals surface area contributed by atoms with Crippen LogP contribution in [0.25, 0.3) is 22.2 Å². The summed E-state index contributed by atoms with van der Waals surface area (Å²) in [6.07, 6.45) is 1.67. The summed E-state index contributed by atoms with van der Waals surface area (Å²) in [4.78, 5) is 16.7. The first-order chi connectivity index (χ1) is 12.2. The monoisotopic (exact) mass is 329 g/mol. The Balaban J connectivity index is 1.70. The Labute approximate surface area is 144 Å². The average Bonchev–Trinajstić information content (AvgIpc) is 3.05. The van der Waals surface area contributed by atoms with Crippen LogP contribution < -0.4 is 5.32 Å². The predicted molar refractivity (Wildman–Crippen MR) is 96.4 cm³/mol. The Hall–Kier alpha value is -3.47. The van der Waals surface area contributed by atoms with Crippen molar-refractivity contribution in [1.82, 2.24) is 10.1 Å². The molecule has 5 nitrogen and oxygen atoms in total. The lowest BCUT2D eigenvalue weighted by Crippen LogP contribution is -2.12. The largest absolute Gasteiger partial charge is 0.355 e. The Bertz CT molecular complexity index is 1050.